The lowest BCUT2D eigenvalue weighted by molar-refractivity contribution is 0.199. The third kappa shape index (κ3) is 5.51. The number of rotatable bonds is 9. The average Bonchev–Trinajstić information content (AvgIpc) is 2.58. The van der Waals surface area contributed by atoms with Crippen LogP contribution in [0, 0.1) is 6.92 Å². The Balaban J connectivity index is 2.05. The quantitative estimate of drug-likeness (QED) is 0.651. The molecule has 0 aromatic heterocycles. The molecule has 0 unspecified atom stereocenters. The van der Waals surface area contributed by atoms with Crippen LogP contribution in [0.4, 0.5) is 0 Å². The number of benzene rings is 2. The molecule has 0 radical (unpaired) electrons. The third-order valence-corrected chi connectivity index (χ3v) is 4.35. The zero-order valence-corrected chi connectivity index (χ0v) is 16.0. The maximum atomic E-state index is 5.95. The molecule has 2 rings (SSSR count). The molecule has 0 aliphatic heterocycles. The number of hydrogen-bond acceptors (Lipinski definition) is 4. The molecule has 0 fully saturated rings. The van der Waals surface area contributed by atoms with Crippen molar-refractivity contribution in [1.82, 2.24) is 5.32 Å². The van der Waals surface area contributed by atoms with Gasteiger partial charge < -0.3 is 19.5 Å². The molecular weight excluding hydrogens is 370 g/mol. The highest BCUT2D eigenvalue weighted by molar-refractivity contribution is 9.10. The molecule has 2 aromatic rings. The zero-order valence-electron chi connectivity index (χ0n) is 14.4. The zero-order chi connectivity index (χ0) is 17.4. The fourth-order valence-electron chi connectivity index (χ4n) is 2.35. The van der Waals surface area contributed by atoms with Crippen LogP contribution in [0.15, 0.2) is 40.9 Å². The second kappa shape index (κ2) is 9.67. The van der Waals surface area contributed by atoms with Crippen molar-refractivity contribution >= 4 is 15.9 Å². The smallest absolute Gasteiger partial charge is 0.162 e. The SMILES string of the molecule is COCCNCc1cc(OC)c(OCc2cccc(C)c2)cc1Br. The predicted molar refractivity (Wildman–Crippen MR) is 99.8 cm³/mol. The highest BCUT2D eigenvalue weighted by atomic mass is 79.9. The Morgan fingerprint density at radius 1 is 1.08 bits per heavy atom. The van der Waals surface area contributed by atoms with Gasteiger partial charge in [-0.05, 0) is 30.2 Å². The number of methoxy groups -OCH3 is 2. The van der Waals surface area contributed by atoms with E-state index in [0.29, 0.717) is 13.2 Å². The first-order chi connectivity index (χ1) is 11.6. The molecule has 0 spiro atoms. The largest absolute Gasteiger partial charge is 0.493 e. The van der Waals surface area contributed by atoms with Gasteiger partial charge in [0.2, 0.25) is 0 Å². The summed E-state index contributed by atoms with van der Waals surface area (Å²) < 4.78 is 17.5. The Morgan fingerprint density at radius 2 is 1.92 bits per heavy atom. The summed E-state index contributed by atoms with van der Waals surface area (Å²) in [5.74, 6) is 1.46. The second-order valence-electron chi connectivity index (χ2n) is 5.54. The van der Waals surface area contributed by atoms with E-state index in [-0.39, 0.29) is 0 Å². The van der Waals surface area contributed by atoms with Crippen LogP contribution < -0.4 is 14.8 Å². The summed E-state index contributed by atoms with van der Waals surface area (Å²) in [5, 5.41) is 3.33. The van der Waals surface area contributed by atoms with Crippen LogP contribution in [0.25, 0.3) is 0 Å². The number of ether oxygens (including phenoxy) is 3. The summed E-state index contributed by atoms with van der Waals surface area (Å²) in [5.41, 5.74) is 3.48. The number of nitrogens with one attached hydrogen (secondary N) is 1. The molecule has 0 bridgehead atoms. The van der Waals surface area contributed by atoms with Crippen LogP contribution in [0.5, 0.6) is 11.5 Å². The first-order valence-corrected chi connectivity index (χ1v) is 8.67. The van der Waals surface area contributed by atoms with Crippen LogP contribution in [0.1, 0.15) is 16.7 Å². The van der Waals surface area contributed by atoms with Gasteiger partial charge in [0.15, 0.2) is 11.5 Å². The molecule has 0 saturated heterocycles. The summed E-state index contributed by atoms with van der Waals surface area (Å²) in [6.45, 7) is 4.81. The van der Waals surface area contributed by atoms with Crippen molar-refractivity contribution in [3.63, 3.8) is 0 Å². The van der Waals surface area contributed by atoms with Gasteiger partial charge in [0.05, 0.1) is 13.7 Å². The van der Waals surface area contributed by atoms with E-state index in [1.165, 1.54) is 5.56 Å². The van der Waals surface area contributed by atoms with Gasteiger partial charge in [0, 0.05) is 24.7 Å². The van der Waals surface area contributed by atoms with Crippen LogP contribution in [0.2, 0.25) is 0 Å². The average molecular weight is 394 g/mol. The van der Waals surface area contributed by atoms with Gasteiger partial charge in [-0.25, -0.2) is 0 Å². The van der Waals surface area contributed by atoms with Crippen LogP contribution in [-0.2, 0) is 17.9 Å². The summed E-state index contributed by atoms with van der Waals surface area (Å²) in [4.78, 5) is 0. The summed E-state index contributed by atoms with van der Waals surface area (Å²) in [6, 6.07) is 12.2. The topological polar surface area (TPSA) is 39.7 Å². The Morgan fingerprint density at radius 3 is 2.62 bits per heavy atom. The Labute approximate surface area is 152 Å². The first kappa shape index (κ1) is 18.8. The Hall–Kier alpha value is -1.56. The van der Waals surface area contributed by atoms with Crippen molar-refractivity contribution < 1.29 is 14.2 Å². The second-order valence-corrected chi connectivity index (χ2v) is 6.40. The van der Waals surface area contributed by atoms with Gasteiger partial charge in [-0.3, -0.25) is 0 Å². The van der Waals surface area contributed by atoms with Gasteiger partial charge in [0.1, 0.15) is 6.61 Å². The van der Waals surface area contributed by atoms with Crippen molar-refractivity contribution in [3.8, 4) is 11.5 Å². The van der Waals surface area contributed by atoms with E-state index < -0.39 is 0 Å². The lowest BCUT2D eigenvalue weighted by Crippen LogP contribution is -2.18. The fourth-order valence-corrected chi connectivity index (χ4v) is 2.81. The van der Waals surface area contributed by atoms with Crippen LogP contribution in [0.3, 0.4) is 0 Å². The Bertz CT molecular complexity index is 661. The molecule has 2 aromatic carbocycles. The standard InChI is InChI=1S/C19H24BrNO3/c1-14-5-4-6-15(9-14)13-24-19-11-17(20)16(10-18(19)23-3)12-21-7-8-22-2/h4-6,9-11,21H,7-8,12-13H2,1-3H3. The molecule has 1 N–H and O–H groups in total. The third-order valence-electron chi connectivity index (χ3n) is 3.61. The molecule has 0 saturated carbocycles. The lowest BCUT2D eigenvalue weighted by Gasteiger charge is -2.14. The molecule has 5 heteroatoms. The molecular formula is C19H24BrNO3. The predicted octanol–water partition coefficient (Wildman–Crippen LogP) is 4.08. The molecule has 24 heavy (non-hydrogen) atoms. The van der Waals surface area contributed by atoms with Gasteiger partial charge in [-0.1, -0.05) is 45.8 Å². The van der Waals surface area contributed by atoms with Crippen molar-refractivity contribution in [2.24, 2.45) is 0 Å². The van der Waals surface area contributed by atoms with E-state index in [4.69, 9.17) is 14.2 Å². The van der Waals surface area contributed by atoms with Gasteiger partial charge in [-0.15, -0.1) is 0 Å². The maximum absolute atomic E-state index is 5.95. The molecule has 0 aliphatic rings. The summed E-state index contributed by atoms with van der Waals surface area (Å²) in [6.07, 6.45) is 0. The van der Waals surface area contributed by atoms with E-state index in [1.54, 1.807) is 14.2 Å². The number of halogens is 1. The Kier molecular flexibility index (Phi) is 7.56. The van der Waals surface area contributed by atoms with Gasteiger partial charge >= 0.3 is 0 Å². The lowest BCUT2D eigenvalue weighted by atomic mass is 10.1. The fraction of sp³-hybridized carbons (Fsp3) is 0.368. The summed E-state index contributed by atoms with van der Waals surface area (Å²) >= 11 is 3.61. The van der Waals surface area contributed by atoms with E-state index in [2.05, 4.69) is 46.4 Å². The molecule has 4 nitrogen and oxygen atoms in total. The van der Waals surface area contributed by atoms with Crippen molar-refractivity contribution in [1.29, 1.82) is 0 Å². The minimum Gasteiger partial charge on any atom is -0.493 e. The minimum atomic E-state index is 0.510. The van der Waals surface area contributed by atoms with Gasteiger partial charge in [0.25, 0.3) is 0 Å². The van der Waals surface area contributed by atoms with Crippen LogP contribution in [-0.4, -0.2) is 27.4 Å². The number of hydrogen-bond donors (Lipinski definition) is 1. The van der Waals surface area contributed by atoms with Gasteiger partial charge in [-0.2, -0.15) is 0 Å². The number of aryl methyl sites for hydroxylation is 1. The van der Waals surface area contributed by atoms with E-state index >= 15 is 0 Å². The first-order valence-electron chi connectivity index (χ1n) is 7.88. The molecule has 130 valence electrons. The van der Waals surface area contributed by atoms with Crippen molar-refractivity contribution in [2.45, 2.75) is 20.1 Å². The molecule has 0 aliphatic carbocycles. The van der Waals surface area contributed by atoms with Crippen molar-refractivity contribution in [3.05, 3.63) is 57.6 Å². The highest BCUT2D eigenvalue weighted by Crippen LogP contribution is 2.34. The molecule has 0 amide bonds. The monoisotopic (exact) mass is 393 g/mol. The normalized spacial score (nSPS) is 10.7. The van der Waals surface area contributed by atoms with E-state index in [0.717, 1.165) is 40.2 Å². The summed E-state index contributed by atoms with van der Waals surface area (Å²) in [7, 11) is 3.35. The van der Waals surface area contributed by atoms with Crippen molar-refractivity contribution in [2.75, 3.05) is 27.4 Å². The van der Waals surface area contributed by atoms with Crippen LogP contribution >= 0.6 is 15.9 Å². The van der Waals surface area contributed by atoms with E-state index in [9.17, 15) is 0 Å². The maximum Gasteiger partial charge on any atom is 0.162 e. The molecule has 0 atom stereocenters. The minimum absolute atomic E-state index is 0.510. The highest BCUT2D eigenvalue weighted by Gasteiger charge is 2.10. The molecule has 0 heterocycles. The van der Waals surface area contributed by atoms with E-state index in [1.807, 2.05) is 18.2 Å².